The van der Waals surface area contributed by atoms with E-state index in [9.17, 15) is 24.0 Å². The number of benzene rings is 2. The van der Waals surface area contributed by atoms with Crippen LogP contribution in [0, 0.1) is 11.3 Å². The van der Waals surface area contributed by atoms with Gasteiger partial charge in [-0.2, -0.15) is 0 Å². The Morgan fingerprint density at radius 3 is 1.93 bits per heavy atom. The highest BCUT2D eigenvalue weighted by atomic mass is 16.5. The molecule has 10 heteroatoms. The second-order valence-corrected chi connectivity index (χ2v) is 11.0. The molecular weight excluding hydrogens is 512 g/mol. The lowest BCUT2D eigenvalue weighted by atomic mass is 9.85. The van der Waals surface area contributed by atoms with Crippen LogP contribution in [-0.2, 0) is 25.7 Å². The molecular formula is C30H40N4O6. The molecule has 0 unspecified atom stereocenters. The molecule has 4 N–H and O–H groups in total. The van der Waals surface area contributed by atoms with E-state index in [0.717, 1.165) is 5.56 Å². The Kier molecular flexibility index (Phi) is 11.4. The maximum absolute atomic E-state index is 13.1. The average Bonchev–Trinajstić information content (AvgIpc) is 2.92. The van der Waals surface area contributed by atoms with Crippen molar-refractivity contribution in [3.05, 3.63) is 65.7 Å². The standard InChI is InChI=1S/C30H40N4O6/c1-18(2)23(24(35)28(38)31-17-20-13-15-22(40-7)16-14-20)33-26(36)19(3)32-29(39)25(30(4,5)6)34-27(37)21-11-9-8-10-12-21/h8-16,18-19,23,25H,17H2,1-7H3,(H,31,38)(H,32,39)(H,33,36)(H,34,37)/t19-,23-,25+/m0/s1. The van der Waals surface area contributed by atoms with Crippen molar-refractivity contribution in [1.82, 2.24) is 21.3 Å². The van der Waals surface area contributed by atoms with Crippen LogP contribution in [0.2, 0.25) is 0 Å². The smallest absolute Gasteiger partial charge is 0.289 e. The van der Waals surface area contributed by atoms with Gasteiger partial charge in [0.15, 0.2) is 0 Å². The van der Waals surface area contributed by atoms with Crippen LogP contribution in [0.25, 0.3) is 0 Å². The van der Waals surface area contributed by atoms with E-state index >= 15 is 0 Å². The molecule has 0 heterocycles. The normalized spacial score (nSPS) is 13.4. The van der Waals surface area contributed by atoms with Crippen LogP contribution in [0.1, 0.15) is 57.5 Å². The van der Waals surface area contributed by atoms with E-state index in [1.807, 2.05) is 0 Å². The number of nitrogens with one attached hydrogen (secondary N) is 4. The molecule has 2 rings (SSSR count). The summed E-state index contributed by atoms with van der Waals surface area (Å²) in [5.74, 6) is -2.95. The van der Waals surface area contributed by atoms with Crippen LogP contribution < -0.4 is 26.0 Å². The molecule has 4 amide bonds. The molecule has 0 bridgehead atoms. The number of hydrogen-bond donors (Lipinski definition) is 4. The van der Waals surface area contributed by atoms with Gasteiger partial charge in [-0.3, -0.25) is 24.0 Å². The van der Waals surface area contributed by atoms with Gasteiger partial charge in [0.05, 0.1) is 13.2 Å². The monoisotopic (exact) mass is 552 g/mol. The summed E-state index contributed by atoms with van der Waals surface area (Å²) >= 11 is 0. The summed E-state index contributed by atoms with van der Waals surface area (Å²) in [5.41, 5.74) is 0.512. The predicted molar refractivity (Wildman–Crippen MR) is 151 cm³/mol. The number of carbonyl (C=O) groups excluding carboxylic acids is 5. The fourth-order valence-electron chi connectivity index (χ4n) is 3.81. The first kappa shape index (κ1) is 32.0. The molecule has 0 aliphatic carbocycles. The molecule has 0 saturated carbocycles. The molecule has 10 nitrogen and oxygen atoms in total. The van der Waals surface area contributed by atoms with Crippen molar-refractivity contribution in [1.29, 1.82) is 0 Å². The number of Topliss-reactive ketones (excluding diaryl/α,β-unsaturated/α-hetero) is 1. The third kappa shape index (κ3) is 9.21. The summed E-state index contributed by atoms with van der Waals surface area (Å²) in [5, 5.41) is 10.5. The summed E-state index contributed by atoms with van der Waals surface area (Å²) in [6, 6.07) is 12.4. The Labute approximate surface area is 235 Å². The predicted octanol–water partition coefficient (Wildman–Crippen LogP) is 2.37. The zero-order chi connectivity index (χ0) is 30.0. The zero-order valence-corrected chi connectivity index (χ0v) is 24.2. The Balaban J connectivity index is 2.01. The minimum atomic E-state index is -1.10. The van der Waals surface area contributed by atoms with Crippen molar-refractivity contribution in [3.63, 3.8) is 0 Å². The van der Waals surface area contributed by atoms with Gasteiger partial charge in [0.25, 0.3) is 11.8 Å². The van der Waals surface area contributed by atoms with E-state index in [1.165, 1.54) is 6.92 Å². The number of carbonyl (C=O) groups is 5. The van der Waals surface area contributed by atoms with E-state index in [2.05, 4.69) is 21.3 Å². The summed E-state index contributed by atoms with van der Waals surface area (Å²) in [7, 11) is 1.55. The fourth-order valence-corrected chi connectivity index (χ4v) is 3.81. The van der Waals surface area contributed by atoms with Gasteiger partial charge < -0.3 is 26.0 Å². The zero-order valence-electron chi connectivity index (χ0n) is 24.2. The highest BCUT2D eigenvalue weighted by molar-refractivity contribution is 6.38. The van der Waals surface area contributed by atoms with Gasteiger partial charge in [-0.15, -0.1) is 0 Å². The van der Waals surface area contributed by atoms with Crippen LogP contribution in [-0.4, -0.2) is 54.6 Å². The summed E-state index contributed by atoms with van der Waals surface area (Å²) in [6.07, 6.45) is 0. The topological polar surface area (TPSA) is 143 Å². The maximum atomic E-state index is 13.1. The van der Waals surface area contributed by atoms with Gasteiger partial charge >= 0.3 is 0 Å². The van der Waals surface area contributed by atoms with Gasteiger partial charge in [-0.1, -0.05) is 65.0 Å². The lowest BCUT2D eigenvalue weighted by Gasteiger charge is -2.31. The quantitative estimate of drug-likeness (QED) is 0.298. The van der Waals surface area contributed by atoms with Gasteiger partial charge in [-0.25, -0.2) is 0 Å². The lowest BCUT2D eigenvalue weighted by Crippen LogP contribution is -2.59. The number of rotatable bonds is 12. The van der Waals surface area contributed by atoms with E-state index in [-0.39, 0.29) is 6.54 Å². The van der Waals surface area contributed by atoms with Crippen LogP contribution >= 0.6 is 0 Å². The Bertz CT molecular complexity index is 1190. The number of ether oxygens (including phenoxy) is 1. The van der Waals surface area contributed by atoms with Crippen LogP contribution in [0.5, 0.6) is 5.75 Å². The number of amides is 4. The lowest BCUT2D eigenvalue weighted by molar-refractivity contribution is -0.141. The molecule has 216 valence electrons. The number of hydrogen-bond acceptors (Lipinski definition) is 6. The molecule has 2 aromatic carbocycles. The van der Waals surface area contributed by atoms with Crippen LogP contribution in [0.4, 0.5) is 0 Å². The fraction of sp³-hybridized carbons (Fsp3) is 0.433. The van der Waals surface area contributed by atoms with Crippen molar-refractivity contribution in [2.24, 2.45) is 11.3 Å². The Morgan fingerprint density at radius 1 is 0.800 bits per heavy atom. The van der Waals surface area contributed by atoms with Crippen LogP contribution in [0.3, 0.4) is 0 Å². The van der Waals surface area contributed by atoms with E-state index in [0.29, 0.717) is 11.3 Å². The van der Waals surface area contributed by atoms with E-state index in [4.69, 9.17) is 4.74 Å². The highest BCUT2D eigenvalue weighted by Gasteiger charge is 2.35. The Hall–Kier alpha value is -4.21. The Morgan fingerprint density at radius 2 is 1.40 bits per heavy atom. The third-order valence-corrected chi connectivity index (χ3v) is 6.27. The van der Waals surface area contributed by atoms with Gasteiger partial charge in [0, 0.05) is 12.1 Å². The molecule has 0 spiro atoms. The first-order chi connectivity index (χ1) is 18.7. The maximum Gasteiger partial charge on any atom is 0.289 e. The van der Waals surface area contributed by atoms with Gasteiger partial charge in [0.2, 0.25) is 17.6 Å². The summed E-state index contributed by atoms with van der Waals surface area (Å²) in [4.78, 5) is 64.3. The van der Waals surface area contributed by atoms with E-state index in [1.54, 1.807) is 96.3 Å². The van der Waals surface area contributed by atoms with Gasteiger partial charge in [-0.05, 0) is 48.1 Å². The second-order valence-electron chi connectivity index (χ2n) is 11.0. The molecule has 0 fully saturated rings. The molecule has 0 aliphatic heterocycles. The summed E-state index contributed by atoms with van der Waals surface area (Å²) in [6.45, 7) is 10.4. The molecule has 0 saturated heterocycles. The summed E-state index contributed by atoms with van der Waals surface area (Å²) < 4.78 is 5.11. The molecule has 3 atom stereocenters. The van der Waals surface area contributed by atoms with Crippen molar-refractivity contribution >= 4 is 29.4 Å². The molecule has 0 aliphatic rings. The molecule has 2 aromatic rings. The molecule has 0 aromatic heterocycles. The minimum absolute atomic E-state index is 0.128. The largest absolute Gasteiger partial charge is 0.497 e. The van der Waals surface area contributed by atoms with E-state index < -0.39 is 58.9 Å². The first-order valence-corrected chi connectivity index (χ1v) is 13.2. The third-order valence-electron chi connectivity index (χ3n) is 6.27. The molecule has 0 radical (unpaired) electrons. The van der Waals surface area contributed by atoms with Crippen molar-refractivity contribution in [2.75, 3.05) is 7.11 Å². The first-order valence-electron chi connectivity index (χ1n) is 13.2. The van der Waals surface area contributed by atoms with Crippen molar-refractivity contribution in [3.8, 4) is 5.75 Å². The minimum Gasteiger partial charge on any atom is -0.497 e. The second kappa shape index (κ2) is 14.3. The molecule has 40 heavy (non-hydrogen) atoms. The average molecular weight is 553 g/mol. The number of methoxy groups -OCH3 is 1. The van der Waals surface area contributed by atoms with Gasteiger partial charge in [0.1, 0.15) is 17.8 Å². The number of ketones is 1. The van der Waals surface area contributed by atoms with Crippen molar-refractivity contribution < 1.29 is 28.7 Å². The SMILES string of the molecule is COc1ccc(CNC(=O)C(=O)[C@@H](NC(=O)[C@H](C)NC(=O)[C@@H](NC(=O)c2ccccc2)C(C)(C)C)C(C)C)cc1. The highest BCUT2D eigenvalue weighted by Crippen LogP contribution is 2.20. The van der Waals surface area contributed by atoms with Crippen molar-refractivity contribution in [2.45, 2.75) is 66.2 Å². The van der Waals surface area contributed by atoms with Crippen LogP contribution in [0.15, 0.2) is 54.6 Å².